The van der Waals surface area contributed by atoms with E-state index in [0.717, 1.165) is 16.9 Å². The third kappa shape index (κ3) is 4.71. The first-order chi connectivity index (χ1) is 17.5. The Bertz CT molecular complexity index is 1330. The molecule has 4 aromatic rings. The van der Waals surface area contributed by atoms with E-state index in [4.69, 9.17) is 15.2 Å². The van der Waals surface area contributed by atoms with Crippen LogP contribution in [0.4, 0.5) is 5.82 Å². The molecule has 1 aliphatic heterocycles. The molecule has 1 fully saturated rings. The van der Waals surface area contributed by atoms with E-state index in [9.17, 15) is 9.90 Å². The van der Waals surface area contributed by atoms with Crippen molar-refractivity contribution in [3.63, 3.8) is 0 Å². The topological polar surface area (TPSA) is 149 Å². The van der Waals surface area contributed by atoms with E-state index in [1.165, 1.54) is 19.7 Å². The lowest BCUT2D eigenvalue weighted by Crippen LogP contribution is -2.46. The smallest absolute Gasteiger partial charge is 0.250 e. The lowest BCUT2D eigenvalue weighted by atomic mass is 10.1. The zero-order valence-corrected chi connectivity index (χ0v) is 19.6. The first-order valence-electron chi connectivity index (χ1n) is 11.5. The summed E-state index contributed by atoms with van der Waals surface area (Å²) >= 11 is 0. The summed E-state index contributed by atoms with van der Waals surface area (Å²) in [5, 5.41) is 16.4. The van der Waals surface area contributed by atoms with Crippen LogP contribution in [0.15, 0.2) is 67.3 Å². The van der Waals surface area contributed by atoms with Gasteiger partial charge in [-0.05, 0) is 23.3 Å². The highest BCUT2D eigenvalue weighted by Gasteiger charge is 2.46. The van der Waals surface area contributed by atoms with E-state index in [1.54, 1.807) is 4.57 Å². The fraction of sp³-hybridized carbons (Fsp3) is 0.280. The van der Waals surface area contributed by atoms with E-state index < -0.39 is 30.4 Å². The van der Waals surface area contributed by atoms with Gasteiger partial charge < -0.3 is 30.9 Å². The molecule has 1 aliphatic rings. The molecular formula is C25H27N7O4. The van der Waals surface area contributed by atoms with Crippen LogP contribution < -0.4 is 21.1 Å². The standard InChI is InChI=1S/C25H27N7O4/c1-27-24(34)21-18(26)20(33)25(36-21)32-14-31-19-22(29-13-30-23(19)32)28-11-15-7-9-17(10-8-15)35-12-16-5-3-2-4-6-16/h2-10,13-14,18,20-21,25,33H,11-12,26H2,1H3,(H,27,34)(H,28,29,30). The van der Waals surface area contributed by atoms with Crippen molar-refractivity contribution in [3.05, 3.63) is 78.4 Å². The van der Waals surface area contributed by atoms with Gasteiger partial charge in [-0.15, -0.1) is 0 Å². The molecule has 5 rings (SSSR count). The number of nitrogens with two attached hydrogens (primary N) is 1. The molecule has 2 aromatic heterocycles. The molecule has 11 heteroatoms. The largest absolute Gasteiger partial charge is 0.489 e. The maximum atomic E-state index is 12.0. The molecule has 11 nitrogen and oxygen atoms in total. The molecule has 186 valence electrons. The minimum Gasteiger partial charge on any atom is -0.489 e. The third-order valence-corrected chi connectivity index (χ3v) is 6.09. The van der Waals surface area contributed by atoms with E-state index in [0.29, 0.717) is 30.1 Å². The second-order valence-corrected chi connectivity index (χ2v) is 8.45. The van der Waals surface area contributed by atoms with Gasteiger partial charge in [0.25, 0.3) is 5.91 Å². The van der Waals surface area contributed by atoms with Gasteiger partial charge >= 0.3 is 0 Å². The van der Waals surface area contributed by atoms with Crippen molar-refractivity contribution >= 4 is 22.9 Å². The Labute approximate surface area is 207 Å². The minimum absolute atomic E-state index is 0.401. The van der Waals surface area contributed by atoms with Crippen LogP contribution in [0.5, 0.6) is 5.75 Å². The number of imidazole rings is 1. The number of aromatic nitrogens is 4. The van der Waals surface area contributed by atoms with Crippen LogP contribution in [-0.2, 0) is 22.7 Å². The summed E-state index contributed by atoms with van der Waals surface area (Å²) in [6.07, 6.45) is -0.0967. The average molecular weight is 490 g/mol. The summed E-state index contributed by atoms with van der Waals surface area (Å²) in [5.41, 5.74) is 9.11. The molecule has 1 amide bonds. The molecule has 36 heavy (non-hydrogen) atoms. The van der Waals surface area contributed by atoms with Crippen molar-refractivity contribution in [3.8, 4) is 5.75 Å². The summed E-state index contributed by atoms with van der Waals surface area (Å²) in [7, 11) is 1.49. The number of likely N-dealkylation sites (N-methyl/N-ethyl adjacent to an activating group) is 1. The second kappa shape index (κ2) is 10.3. The number of nitrogens with zero attached hydrogens (tertiary/aromatic N) is 4. The minimum atomic E-state index is -1.11. The fourth-order valence-corrected chi connectivity index (χ4v) is 4.10. The maximum Gasteiger partial charge on any atom is 0.250 e. The van der Waals surface area contributed by atoms with Gasteiger partial charge in [0.2, 0.25) is 0 Å². The highest BCUT2D eigenvalue weighted by molar-refractivity contribution is 5.83. The van der Waals surface area contributed by atoms with Crippen LogP contribution in [0.25, 0.3) is 11.2 Å². The molecule has 4 unspecified atom stereocenters. The van der Waals surface area contributed by atoms with Gasteiger partial charge in [-0.1, -0.05) is 42.5 Å². The summed E-state index contributed by atoms with van der Waals surface area (Å²) in [6.45, 7) is 1.01. The summed E-state index contributed by atoms with van der Waals surface area (Å²) in [4.78, 5) is 25.1. The molecule has 0 aliphatic carbocycles. The Balaban J connectivity index is 1.26. The number of carbonyl (C=O) groups is 1. The first-order valence-corrected chi connectivity index (χ1v) is 11.5. The Hall–Kier alpha value is -4.06. The number of ether oxygens (including phenoxy) is 2. The highest BCUT2D eigenvalue weighted by Crippen LogP contribution is 2.31. The Morgan fingerprint density at radius 1 is 1.11 bits per heavy atom. The number of hydrogen-bond acceptors (Lipinski definition) is 9. The number of amides is 1. The van der Waals surface area contributed by atoms with Gasteiger partial charge in [-0.3, -0.25) is 9.36 Å². The van der Waals surface area contributed by atoms with Crippen LogP contribution in [0.2, 0.25) is 0 Å². The maximum absolute atomic E-state index is 12.0. The quantitative estimate of drug-likeness (QED) is 0.288. The molecule has 1 saturated heterocycles. The van der Waals surface area contributed by atoms with Crippen molar-refractivity contribution < 1.29 is 19.4 Å². The number of carbonyl (C=O) groups excluding carboxylic acids is 1. The fourth-order valence-electron chi connectivity index (χ4n) is 4.10. The molecule has 0 saturated carbocycles. The van der Waals surface area contributed by atoms with Gasteiger partial charge in [0.05, 0.1) is 12.4 Å². The van der Waals surface area contributed by atoms with Crippen molar-refractivity contribution in [2.45, 2.75) is 37.6 Å². The molecular weight excluding hydrogens is 462 g/mol. The first kappa shape index (κ1) is 23.7. The second-order valence-electron chi connectivity index (χ2n) is 8.45. The van der Waals surface area contributed by atoms with Gasteiger partial charge in [-0.25, -0.2) is 15.0 Å². The Morgan fingerprint density at radius 3 is 2.64 bits per heavy atom. The van der Waals surface area contributed by atoms with Crippen LogP contribution in [-0.4, -0.2) is 55.8 Å². The molecule has 3 heterocycles. The predicted molar refractivity (Wildman–Crippen MR) is 132 cm³/mol. The number of anilines is 1. The monoisotopic (exact) mass is 489 g/mol. The van der Waals surface area contributed by atoms with Crippen LogP contribution in [0.3, 0.4) is 0 Å². The van der Waals surface area contributed by atoms with E-state index in [-0.39, 0.29) is 0 Å². The third-order valence-electron chi connectivity index (χ3n) is 6.09. The molecule has 0 spiro atoms. The van der Waals surface area contributed by atoms with Crippen LogP contribution in [0.1, 0.15) is 17.4 Å². The van der Waals surface area contributed by atoms with Gasteiger partial charge in [-0.2, -0.15) is 0 Å². The lowest BCUT2D eigenvalue weighted by Gasteiger charge is -2.16. The molecule has 4 atom stereocenters. The van der Waals surface area contributed by atoms with E-state index in [1.807, 2.05) is 54.6 Å². The van der Waals surface area contributed by atoms with E-state index >= 15 is 0 Å². The van der Waals surface area contributed by atoms with E-state index in [2.05, 4.69) is 25.6 Å². The zero-order chi connectivity index (χ0) is 25.1. The van der Waals surface area contributed by atoms with Crippen molar-refractivity contribution in [2.75, 3.05) is 12.4 Å². The molecule has 0 radical (unpaired) electrons. The molecule has 2 aromatic carbocycles. The predicted octanol–water partition coefficient (Wildman–Crippen LogP) is 1.35. The number of benzene rings is 2. The number of rotatable bonds is 8. The zero-order valence-electron chi connectivity index (χ0n) is 19.6. The van der Waals surface area contributed by atoms with Crippen LogP contribution in [0, 0.1) is 0 Å². The number of aliphatic hydroxyl groups excluding tert-OH is 1. The number of nitrogens with one attached hydrogen (secondary N) is 2. The Morgan fingerprint density at radius 2 is 1.89 bits per heavy atom. The van der Waals surface area contributed by atoms with Crippen molar-refractivity contribution in [1.29, 1.82) is 0 Å². The van der Waals surface area contributed by atoms with Crippen LogP contribution >= 0.6 is 0 Å². The molecule has 5 N–H and O–H groups in total. The Kier molecular flexibility index (Phi) is 6.76. The lowest BCUT2D eigenvalue weighted by molar-refractivity contribution is -0.134. The van der Waals surface area contributed by atoms with Gasteiger partial charge in [0, 0.05) is 13.6 Å². The van der Waals surface area contributed by atoms with Crippen molar-refractivity contribution in [2.24, 2.45) is 5.73 Å². The summed E-state index contributed by atoms with van der Waals surface area (Å²) in [5.74, 6) is 0.916. The average Bonchev–Trinajstić information content (AvgIpc) is 3.48. The number of aliphatic hydroxyl groups is 1. The summed E-state index contributed by atoms with van der Waals surface area (Å²) in [6, 6.07) is 16.9. The van der Waals surface area contributed by atoms with Crippen molar-refractivity contribution in [1.82, 2.24) is 24.8 Å². The molecule has 0 bridgehead atoms. The van der Waals surface area contributed by atoms with Gasteiger partial charge in [0.15, 0.2) is 29.3 Å². The van der Waals surface area contributed by atoms with Gasteiger partial charge in [0.1, 0.15) is 24.8 Å². The highest BCUT2D eigenvalue weighted by atomic mass is 16.5. The SMILES string of the molecule is CNC(=O)C1OC(n2cnc3c(NCc4ccc(OCc5ccccc5)cc4)ncnc32)C(O)C1N. The number of hydrogen-bond donors (Lipinski definition) is 4. The number of fused-ring (bicyclic) bond motifs is 1. The summed E-state index contributed by atoms with van der Waals surface area (Å²) < 4.78 is 13.2. The normalized spacial score (nSPS) is 21.4.